The van der Waals surface area contributed by atoms with Crippen molar-refractivity contribution in [1.29, 1.82) is 0 Å². The lowest BCUT2D eigenvalue weighted by molar-refractivity contribution is 0.552. The van der Waals surface area contributed by atoms with Crippen molar-refractivity contribution in [1.82, 2.24) is 0 Å². The Labute approximate surface area is 138 Å². The van der Waals surface area contributed by atoms with Gasteiger partial charge in [-0.15, -0.1) is 0 Å². The molecule has 118 valence electrons. The molecular formula is C20H23N3. The molecule has 1 aliphatic rings. The fourth-order valence-corrected chi connectivity index (χ4v) is 3.32. The van der Waals surface area contributed by atoms with Gasteiger partial charge in [-0.2, -0.15) is 5.10 Å². The van der Waals surface area contributed by atoms with Crippen LogP contribution in [0.4, 0.5) is 5.69 Å². The number of rotatable bonds is 3. The molecule has 0 bridgehead atoms. The second-order valence-electron chi connectivity index (χ2n) is 6.61. The SMILES string of the molecule is CC1=CC(C)(C)N(Cc2ccccc2)c2ccc(C=NN)cc21. The first-order valence-electron chi connectivity index (χ1n) is 7.90. The van der Waals surface area contributed by atoms with Gasteiger partial charge in [-0.05, 0) is 49.6 Å². The van der Waals surface area contributed by atoms with Crippen LogP contribution in [-0.2, 0) is 6.54 Å². The van der Waals surface area contributed by atoms with Crippen LogP contribution in [0.15, 0.2) is 59.7 Å². The first kappa shape index (κ1) is 15.3. The molecule has 0 spiro atoms. The molecule has 2 aromatic rings. The van der Waals surface area contributed by atoms with Gasteiger partial charge in [0.1, 0.15) is 0 Å². The smallest absolute Gasteiger partial charge is 0.0538 e. The quantitative estimate of drug-likeness (QED) is 0.525. The Hall–Kier alpha value is -2.55. The van der Waals surface area contributed by atoms with Gasteiger partial charge in [0, 0.05) is 17.8 Å². The molecule has 23 heavy (non-hydrogen) atoms. The number of allylic oxidation sites excluding steroid dienone is 1. The van der Waals surface area contributed by atoms with Crippen LogP contribution in [0.25, 0.3) is 5.57 Å². The van der Waals surface area contributed by atoms with Crippen molar-refractivity contribution < 1.29 is 0 Å². The van der Waals surface area contributed by atoms with E-state index in [1.807, 2.05) is 0 Å². The second-order valence-corrected chi connectivity index (χ2v) is 6.61. The molecule has 3 nitrogen and oxygen atoms in total. The Morgan fingerprint density at radius 3 is 2.57 bits per heavy atom. The summed E-state index contributed by atoms with van der Waals surface area (Å²) in [6.07, 6.45) is 4.02. The van der Waals surface area contributed by atoms with Gasteiger partial charge in [-0.1, -0.05) is 42.5 Å². The van der Waals surface area contributed by atoms with E-state index in [9.17, 15) is 0 Å². The zero-order chi connectivity index (χ0) is 16.4. The molecule has 1 heterocycles. The van der Waals surface area contributed by atoms with Gasteiger partial charge >= 0.3 is 0 Å². The fourth-order valence-electron chi connectivity index (χ4n) is 3.32. The van der Waals surface area contributed by atoms with Crippen LogP contribution in [-0.4, -0.2) is 11.8 Å². The third kappa shape index (κ3) is 3.00. The lowest BCUT2D eigenvalue weighted by Crippen LogP contribution is -2.44. The maximum absolute atomic E-state index is 5.29. The summed E-state index contributed by atoms with van der Waals surface area (Å²) in [5.74, 6) is 5.29. The summed E-state index contributed by atoms with van der Waals surface area (Å²) in [5.41, 5.74) is 6.11. The summed E-state index contributed by atoms with van der Waals surface area (Å²) < 4.78 is 0. The molecule has 3 heteroatoms. The minimum Gasteiger partial charge on any atom is -0.358 e. The molecule has 0 radical (unpaired) electrons. The normalized spacial score (nSPS) is 16.3. The Morgan fingerprint density at radius 2 is 1.87 bits per heavy atom. The minimum atomic E-state index is -0.0314. The Balaban J connectivity index is 2.06. The minimum absolute atomic E-state index is 0.0314. The van der Waals surface area contributed by atoms with Crippen LogP contribution in [0.2, 0.25) is 0 Å². The summed E-state index contributed by atoms with van der Waals surface area (Å²) in [4.78, 5) is 2.45. The number of nitrogens with zero attached hydrogens (tertiary/aromatic N) is 2. The van der Waals surface area contributed by atoms with E-state index >= 15 is 0 Å². The number of fused-ring (bicyclic) bond motifs is 1. The molecule has 3 rings (SSSR count). The molecule has 0 saturated carbocycles. The van der Waals surface area contributed by atoms with Crippen LogP contribution < -0.4 is 10.7 Å². The van der Waals surface area contributed by atoms with Gasteiger partial charge in [-0.3, -0.25) is 0 Å². The monoisotopic (exact) mass is 305 g/mol. The number of hydrogen-bond donors (Lipinski definition) is 1. The van der Waals surface area contributed by atoms with Crippen molar-refractivity contribution in [2.24, 2.45) is 10.9 Å². The lowest BCUT2D eigenvalue weighted by atomic mass is 9.87. The number of anilines is 1. The first-order chi connectivity index (χ1) is 11.0. The largest absolute Gasteiger partial charge is 0.358 e. The van der Waals surface area contributed by atoms with Gasteiger partial charge in [0.2, 0.25) is 0 Å². The van der Waals surface area contributed by atoms with Gasteiger partial charge < -0.3 is 10.7 Å². The van der Waals surface area contributed by atoms with Gasteiger partial charge in [0.15, 0.2) is 0 Å². The zero-order valence-corrected chi connectivity index (χ0v) is 14.0. The van der Waals surface area contributed by atoms with Crippen molar-refractivity contribution in [3.8, 4) is 0 Å². The predicted molar refractivity (Wildman–Crippen MR) is 98.6 cm³/mol. The highest BCUT2D eigenvalue weighted by atomic mass is 15.2. The van der Waals surface area contributed by atoms with Crippen molar-refractivity contribution in [2.45, 2.75) is 32.9 Å². The van der Waals surface area contributed by atoms with E-state index in [0.717, 1.165) is 12.1 Å². The van der Waals surface area contributed by atoms with Crippen LogP contribution in [0, 0.1) is 0 Å². The highest BCUT2D eigenvalue weighted by Gasteiger charge is 2.31. The average molecular weight is 305 g/mol. The maximum Gasteiger partial charge on any atom is 0.0538 e. The lowest BCUT2D eigenvalue weighted by Gasteiger charge is -2.43. The fraction of sp³-hybridized carbons (Fsp3) is 0.250. The van der Waals surface area contributed by atoms with E-state index in [1.54, 1.807) is 6.21 Å². The van der Waals surface area contributed by atoms with Crippen LogP contribution in [0.3, 0.4) is 0 Å². The first-order valence-corrected chi connectivity index (χ1v) is 7.90. The average Bonchev–Trinajstić information content (AvgIpc) is 2.52. The Kier molecular flexibility index (Phi) is 3.95. The molecule has 0 fully saturated rings. The van der Waals surface area contributed by atoms with Crippen molar-refractivity contribution >= 4 is 17.5 Å². The second kappa shape index (κ2) is 5.92. The van der Waals surface area contributed by atoms with E-state index < -0.39 is 0 Å². The maximum atomic E-state index is 5.29. The van der Waals surface area contributed by atoms with E-state index in [2.05, 4.69) is 85.4 Å². The number of hydrogen-bond acceptors (Lipinski definition) is 3. The van der Waals surface area contributed by atoms with Crippen molar-refractivity contribution in [3.05, 3.63) is 71.3 Å². The van der Waals surface area contributed by atoms with E-state index in [0.29, 0.717) is 0 Å². The van der Waals surface area contributed by atoms with Gasteiger partial charge in [-0.25, -0.2) is 0 Å². The molecule has 0 amide bonds. The molecule has 0 aromatic heterocycles. The van der Waals surface area contributed by atoms with Gasteiger partial charge in [0.25, 0.3) is 0 Å². The predicted octanol–water partition coefficient (Wildman–Crippen LogP) is 4.18. The molecule has 0 aliphatic carbocycles. The summed E-state index contributed by atoms with van der Waals surface area (Å²) in [6, 6.07) is 17.0. The topological polar surface area (TPSA) is 41.6 Å². The highest BCUT2D eigenvalue weighted by molar-refractivity contribution is 5.87. The molecule has 0 atom stereocenters. The van der Waals surface area contributed by atoms with Gasteiger partial charge in [0.05, 0.1) is 11.8 Å². The number of benzene rings is 2. The summed E-state index contributed by atoms with van der Waals surface area (Å²) in [7, 11) is 0. The summed E-state index contributed by atoms with van der Waals surface area (Å²) in [5, 5.41) is 3.64. The summed E-state index contributed by atoms with van der Waals surface area (Å²) >= 11 is 0. The van der Waals surface area contributed by atoms with Crippen LogP contribution in [0.5, 0.6) is 0 Å². The Morgan fingerprint density at radius 1 is 1.13 bits per heavy atom. The van der Waals surface area contributed by atoms with E-state index in [-0.39, 0.29) is 5.54 Å². The summed E-state index contributed by atoms with van der Waals surface area (Å²) in [6.45, 7) is 7.58. The molecule has 0 unspecified atom stereocenters. The van der Waals surface area contributed by atoms with Crippen LogP contribution >= 0.6 is 0 Å². The molecule has 2 aromatic carbocycles. The van der Waals surface area contributed by atoms with E-state index in [1.165, 1.54) is 22.4 Å². The van der Waals surface area contributed by atoms with Crippen molar-refractivity contribution in [2.75, 3.05) is 4.90 Å². The third-order valence-corrected chi connectivity index (χ3v) is 4.41. The third-order valence-electron chi connectivity index (χ3n) is 4.41. The standard InChI is InChI=1S/C20H23N3/c1-15-12-20(2,3)23(14-16-7-5-4-6-8-16)19-10-9-17(13-22-21)11-18(15)19/h4-13H,14,21H2,1-3H3. The van der Waals surface area contributed by atoms with Crippen molar-refractivity contribution in [3.63, 3.8) is 0 Å². The van der Waals surface area contributed by atoms with E-state index in [4.69, 9.17) is 5.84 Å². The molecule has 2 N–H and O–H groups in total. The Bertz CT molecular complexity index is 758. The zero-order valence-electron chi connectivity index (χ0n) is 14.0. The number of hydrazone groups is 1. The molecule has 0 saturated heterocycles. The molecule has 1 aliphatic heterocycles. The van der Waals surface area contributed by atoms with Crippen LogP contribution in [0.1, 0.15) is 37.5 Å². The molecular weight excluding hydrogens is 282 g/mol. The number of nitrogens with two attached hydrogens (primary N) is 1. The highest BCUT2D eigenvalue weighted by Crippen LogP contribution is 2.40.